The molecule has 0 bridgehead atoms. The smallest absolute Gasteiger partial charge is 0.427 e. The molecular weight excluding hydrogens is 273 g/mol. The maximum atomic E-state index is 7.61. The van der Waals surface area contributed by atoms with Gasteiger partial charge in [0.1, 0.15) is 0 Å². The maximum absolute atomic E-state index is 7.61. The van der Waals surface area contributed by atoms with Gasteiger partial charge in [-0.2, -0.15) is 0 Å². The van der Waals surface area contributed by atoms with E-state index in [1.54, 1.807) is 0 Å². The lowest BCUT2D eigenvalue weighted by Gasteiger charge is -2.32. The molecule has 2 aliphatic rings. The van der Waals surface area contributed by atoms with E-state index < -0.39 is 7.12 Å². The molecule has 2 saturated heterocycles. The van der Waals surface area contributed by atoms with Gasteiger partial charge in [-0.25, -0.2) is 0 Å². The summed E-state index contributed by atoms with van der Waals surface area (Å²) in [6.07, 6.45) is 1.05. The minimum atomic E-state index is -1.17. The Morgan fingerprint density at radius 1 is 0.857 bits per heavy atom. The second-order valence-electron chi connectivity index (χ2n) is 6.12. The van der Waals surface area contributed by atoms with E-state index >= 15 is 0 Å². The highest BCUT2D eigenvalue weighted by atomic mass is 16.7. The van der Waals surface area contributed by atoms with Gasteiger partial charge in [-0.15, -0.1) is 0 Å². The molecular formula is C12H29B3O6. The summed E-state index contributed by atoms with van der Waals surface area (Å²) in [5.41, 5.74) is -0.321. The molecule has 21 heavy (non-hydrogen) atoms. The summed E-state index contributed by atoms with van der Waals surface area (Å²) in [5.74, 6) is 0. The van der Waals surface area contributed by atoms with Crippen molar-refractivity contribution in [1.82, 2.24) is 0 Å². The Morgan fingerprint density at radius 3 is 1.33 bits per heavy atom. The molecule has 0 aromatic rings. The van der Waals surface area contributed by atoms with Gasteiger partial charge in [-0.3, -0.25) is 0 Å². The predicted octanol–water partition coefficient (Wildman–Crippen LogP) is 1.34. The van der Waals surface area contributed by atoms with E-state index in [-0.39, 0.29) is 25.4 Å². The minimum absolute atomic E-state index is 0.0359. The first-order valence-corrected chi connectivity index (χ1v) is 7.43. The average molecular weight is 302 g/mol. The van der Waals surface area contributed by atoms with Gasteiger partial charge in [-0.05, 0) is 54.6 Å². The van der Waals surface area contributed by atoms with Crippen molar-refractivity contribution in [3.63, 3.8) is 0 Å². The first-order chi connectivity index (χ1) is 9.48. The summed E-state index contributed by atoms with van der Waals surface area (Å²) >= 11 is 0. The Bertz CT molecular complexity index is 263. The molecule has 9 heteroatoms. The van der Waals surface area contributed by atoms with Gasteiger partial charge in [-0.1, -0.05) is 0 Å². The third-order valence-electron chi connectivity index (χ3n) is 3.36. The molecule has 0 atom stereocenters. The molecule has 0 aromatic carbocycles. The van der Waals surface area contributed by atoms with Gasteiger partial charge in [0.05, 0.1) is 11.2 Å². The molecule has 2 aliphatic heterocycles. The van der Waals surface area contributed by atoms with Crippen LogP contribution in [0.2, 0.25) is 20.5 Å². The first kappa shape index (κ1) is 21.0. The Kier molecular flexibility index (Phi) is 9.15. The third kappa shape index (κ3) is 8.85. The van der Waals surface area contributed by atoms with E-state index in [4.69, 9.17) is 28.7 Å². The number of rotatable bonds is 0. The largest absolute Gasteiger partial charge is 0.454 e. The fourth-order valence-corrected chi connectivity index (χ4v) is 1.74. The zero-order chi connectivity index (χ0) is 16.7. The monoisotopic (exact) mass is 302 g/mol. The van der Waals surface area contributed by atoms with Gasteiger partial charge < -0.3 is 28.7 Å². The van der Waals surface area contributed by atoms with Crippen LogP contribution < -0.4 is 0 Å². The molecule has 0 unspecified atom stereocenters. The second-order valence-corrected chi connectivity index (χ2v) is 6.12. The second kappa shape index (κ2) is 9.17. The van der Waals surface area contributed by atoms with Crippen LogP contribution in [0.3, 0.4) is 0 Å². The van der Waals surface area contributed by atoms with Crippen LogP contribution in [0.15, 0.2) is 0 Å². The zero-order valence-electron chi connectivity index (χ0n) is 14.4. The van der Waals surface area contributed by atoms with Gasteiger partial charge in [0.25, 0.3) is 0 Å². The minimum Gasteiger partial charge on any atom is -0.427 e. The molecule has 6 nitrogen and oxygen atoms in total. The van der Waals surface area contributed by atoms with E-state index in [2.05, 4.69) is 27.7 Å². The molecule has 2 rings (SSSR count). The molecule has 0 spiro atoms. The summed E-state index contributed by atoms with van der Waals surface area (Å²) in [5, 5.41) is 15.2. The van der Waals surface area contributed by atoms with Crippen LogP contribution in [-0.4, -0.2) is 55.8 Å². The summed E-state index contributed by atoms with van der Waals surface area (Å²) < 4.78 is 21.2. The highest BCUT2D eigenvalue weighted by molar-refractivity contribution is 6.43. The van der Waals surface area contributed by atoms with Crippen molar-refractivity contribution >= 4 is 21.4 Å². The fourth-order valence-electron chi connectivity index (χ4n) is 1.74. The summed E-state index contributed by atoms with van der Waals surface area (Å²) in [6.45, 7) is 15.1. The first-order valence-electron chi connectivity index (χ1n) is 7.43. The van der Waals surface area contributed by atoms with Gasteiger partial charge in [0.15, 0.2) is 0 Å². The normalized spacial score (nSPS) is 22.7. The van der Waals surface area contributed by atoms with E-state index in [1.165, 1.54) is 6.82 Å². The third-order valence-corrected chi connectivity index (χ3v) is 3.36. The van der Waals surface area contributed by atoms with Crippen LogP contribution in [0, 0.1) is 0 Å². The summed E-state index contributed by atoms with van der Waals surface area (Å²) in [4.78, 5) is 0. The van der Waals surface area contributed by atoms with Crippen molar-refractivity contribution < 1.29 is 28.7 Å². The van der Waals surface area contributed by atoms with Crippen molar-refractivity contribution in [3.05, 3.63) is 0 Å². The van der Waals surface area contributed by atoms with E-state index in [1.807, 2.05) is 13.6 Å². The maximum Gasteiger partial charge on any atom is 0.454 e. The van der Waals surface area contributed by atoms with Gasteiger partial charge >= 0.3 is 21.4 Å². The van der Waals surface area contributed by atoms with Crippen LogP contribution in [0.5, 0.6) is 0 Å². The molecule has 0 aromatic heterocycles. The van der Waals surface area contributed by atoms with Crippen LogP contribution in [-0.2, 0) is 18.6 Å². The number of hydrogen-bond donors (Lipinski definition) is 2. The quantitative estimate of drug-likeness (QED) is 0.658. The summed E-state index contributed by atoms with van der Waals surface area (Å²) in [7, 11) is -1.20. The average Bonchev–Trinajstić information content (AvgIpc) is 2.46. The van der Waals surface area contributed by atoms with Crippen molar-refractivity contribution in [2.24, 2.45) is 0 Å². The van der Waals surface area contributed by atoms with Crippen LogP contribution in [0.1, 0.15) is 34.1 Å². The van der Waals surface area contributed by atoms with Crippen molar-refractivity contribution in [2.75, 3.05) is 13.2 Å². The SMILES string of the molecule is CB(O)O.CB1OC(C)(C)C(C)(C)O1.CB1OCCCO1. The predicted molar refractivity (Wildman–Crippen MR) is 86.1 cm³/mol. The lowest BCUT2D eigenvalue weighted by atomic mass is 9.90. The van der Waals surface area contributed by atoms with Gasteiger partial charge in [0, 0.05) is 13.2 Å². The van der Waals surface area contributed by atoms with Crippen LogP contribution in [0.4, 0.5) is 0 Å². The molecule has 2 fully saturated rings. The van der Waals surface area contributed by atoms with Crippen molar-refractivity contribution in [1.29, 1.82) is 0 Å². The highest BCUT2D eigenvalue weighted by Gasteiger charge is 2.48. The summed E-state index contributed by atoms with van der Waals surface area (Å²) in [6, 6.07) is 0. The lowest BCUT2D eigenvalue weighted by Crippen LogP contribution is -2.41. The highest BCUT2D eigenvalue weighted by Crippen LogP contribution is 2.36. The Balaban J connectivity index is 0.000000317. The van der Waals surface area contributed by atoms with Crippen LogP contribution >= 0.6 is 0 Å². The van der Waals surface area contributed by atoms with Crippen molar-refractivity contribution in [3.8, 4) is 0 Å². The topological polar surface area (TPSA) is 77.4 Å². The molecule has 0 amide bonds. The molecule has 0 aliphatic carbocycles. The molecule has 0 radical (unpaired) electrons. The lowest BCUT2D eigenvalue weighted by molar-refractivity contribution is 0.00578. The van der Waals surface area contributed by atoms with Crippen LogP contribution in [0.25, 0.3) is 0 Å². The van der Waals surface area contributed by atoms with E-state index in [0.29, 0.717) is 0 Å². The molecule has 0 saturated carbocycles. The molecule has 122 valence electrons. The fraction of sp³-hybridized carbons (Fsp3) is 1.00. The Morgan fingerprint density at radius 2 is 1.19 bits per heavy atom. The zero-order valence-corrected chi connectivity index (χ0v) is 14.4. The Hall–Kier alpha value is -0.0452. The van der Waals surface area contributed by atoms with Gasteiger partial charge in [0.2, 0.25) is 0 Å². The Labute approximate surface area is 129 Å². The molecule has 2 N–H and O–H groups in total. The standard InChI is InChI=1S/C7H15BO2.C4H9BO2.CH5BO2/c1-6(2)7(3,4)10-8(5)9-6;1-5-6-3-2-4-7-5;1-2(3)4/h1-5H3;2-4H2,1H3;3-4H,1H3. The number of hydrogen-bond acceptors (Lipinski definition) is 6. The van der Waals surface area contributed by atoms with E-state index in [0.717, 1.165) is 19.6 Å². The van der Waals surface area contributed by atoms with E-state index in [9.17, 15) is 0 Å². The van der Waals surface area contributed by atoms with Crippen molar-refractivity contribution in [2.45, 2.75) is 65.8 Å². The molecule has 2 heterocycles.